The number of hydrogen-bond donors (Lipinski definition) is 1. The van der Waals surface area contributed by atoms with E-state index < -0.39 is 0 Å². The summed E-state index contributed by atoms with van der Waals surface area (Å²) in [6.45, 7) is 2.57. The molecule has 0 fully saturated rings. The van der Waals surface area contributed by atoms with Gasteiger partial charge in [0.2, 0.25) is 5.88 Å². The van der Waals surface area contributed by atoms with Gasteiger partial charge in [-0.1, -0.05) is 18.2 Å². The molecule has 4 rings (SSSR count). The predicted octanol–water partition coefficient (Wildman–Crippen LogP) is 3.75. The Balaban J connectivity index is 1.66. The SMILES string of the molecule is CCOc1ccc2[nH]c(C3Cc4ccccc4S3)nc2n1. The molecule has 106 valence electrons. The number of imidazole rings is 1. The van der Waals surface area contributed by atoms with Crippen LogP contribution in [0.3, 0.4) is 0 Å². The number of benzene rings is 1. The third-order valence-corrected chi connectivity index (χ3v) is 4.91. The standard InChI is InChI=1S/C16H15N3OS/c1-2-20-14-8-7-11-15(18-14)19-16(17-11)13-9-10-5-3-4-6-12(10)21-13/h3-8,13H,2,9H2,1H3,(H,17,18,19). The predicted molar refractivity (Wildman–Crippen MR) is 83.8 cm³/mol. The molecule has 0 amide bonds. The molecular weight excluding hydrogens is 282 g/mol. The smallest absolute Gasteiger partial charge is 0.215 e. The first-order chi connectivity index (χ1) is 10.3. The molecule has 4 nitrogen and oxygen atoms in total. The minimum Gasteiger partial charge on any atom is -0.478 e. The maximum absolute atomic E-state index is 5.43. The van der Waals surface area contributed by atoms with E-state index in [1.165, 1.54) is 10.5 Å². The summed E-state index contributed by atoms with van der Waals surface area (Å²) >= 11 is 1.87. The Morgan fingerprint density at radius 2 is 2.14 bits per heavy atom. The van der Waals surface area contributed by atoms with Crippen molar-refractivity contribution in [3.63, 3.8) is 0 Å². The Bertz CT molecular complexity index is 774. The minimum atomic E-state index is 0.340. The summed E-state index contributed by atoms with van der Waals surface area (Å²) < 4.78 is 5.43. The number of ether oxygens (including phenoxy) is 1. The molecule has 0 bridgehead atoms. The molecule has 0 spiro atoms. The van der Waals surface area contributed by atoms with Gasteiger partial charge in [0.25, 0.3) is 0 Å². The van der Waals surface area contributed by atoms with Crippen LogP contribution in [0.2, 0.25) is 0 Å². The molecule has 0 saturated heterocycles. The molecule has 2 aromatic heterocycles. The van der Waals surface area contributed by atoms with Gasteiger partial charge in [-0.15, -0.1) is 11.8 Å². The highest BCUT2D eigenvalue weighted by Gasteiger charge is 2.26. The molecule has 1 aliphatic heterocycles. The van der Waals surface area contributed by atoms with E-state index in [0.717, 1.165) is 23.4 Å². The van der Waals surface area contributed by atoms with Crippen LogP contribution in [-0.4, -0.2) is 21.6 Å². The van der Waals surface area contributed by atoms with Gasteiger partial charge in [-0.05, 0) is 31.0 Å². The number of nitrogens with one attached hydrogen (secondary N) is 1. The summed E-state index contributed by atoms with van der Waals surface area (Å²) in [7, 11) is 0. The number of thioether (sulfide) groups is 1. The van der Waals surface area contributed by atoms with Crippen LogP contribution in [0.4, 0.5) is 0 Å². The summed E-state index contributed by atoms with van der Waals surface area (Å²) in [5.74, 6) is 1.62. The first-order valence-electron chi connectivity index (χ1n) is 7.07. The highest BCUT2D eigenvalue weighted by atomic mass is 32.2. The molecule has 1 aliphatic rings. The lowest BCUT2D eigenvalue weighted by molar-refractivity contribution is 0.328. The number of rotatable bonds is 3. The van der Waals surface area contributed by atoms with Gasteiger partial charge < -0.3 is 9.72 Å². The quantitative estimate of drug-likeness (QED) is 0.800. The van der Waals surface area contributed by atoms with Crippen LogP contribution in [0.1, 0.15) is 23.6 Å². The van der Waals surface area contributed by atoms with Crippen molar-refractivity contribution in [3.05, 3.63) is 47.8 Å². The molecular formula is C16H15N3OS. The number of aromatic amines is 1. The van der Waals surface area contributed by atoms with Gasteiger partial charge in [0.15, 0.2) is 5.65 Å². The Morgan fingerprint density at radius 3 is 3.00 bits per heavy atom. The van der Waals surface area contributed by atoms with Crippen LogP contribution < -0.4 is 4.74 Å². The highest BCUT2D eigenvalue weighted by molar-refractivity contribution is 7.99. The van der Waals surface area contributed by atoms with Crippen molar-refractivity contribution in [1.29, 1.82) is 0 Å². The molecule has 1 aromatic carbocycles. The maximum atomic E-state index is 5.43. The van der Waals surface area contributed by atoms with E-state index in [-0.39, 0.29) is 0 Å². The molecule has 1 unspecified atom stereocenters. The first kappa shape index (κ1) is 12.7. The van der Waals surface area contributed by atoms with Crippen molar-refractivity contribution in [3.8, 4) is 5.88 Å². The second kappa shape index (κ2) is 5.07. The van der Waals surface area contributed by atoms with Crippen LogP contribution >= 0.6 is 11.8 Å². The normalized spacial score (nSPS) is 17.1. The van der Waals surface area contributed by atoms with E-state index >= 15 is 0 Å². The molecule has 0 aliphatic carbocycles. The zero-order chi connectivity index (χ0) is 14.2. The number of aromatic nitrogens is 3. The van der Waals surface area contributed by atoms with Crippen molar-refractivity contribution < 1.29 is 4.74 Å². The summed E-state index contributed by atoms with van der Waals surface area (Å²) in [5, 5.41) is 0.340. The van der Waals surface area contributed by atoms with Crippen LogP contribution in [0.15, 0.2) is 41.3 Å². The molecule has 5 heteroatoms. The summed E-state index contributed by atoms with van der Waals surface area (Å²) in [4.78, 5) is 13.8. The molecule has 3 aromatic rings. The average molecular weight is 297 g/mol. The molecule has 1 N–H and O–H groups in total. The molecule has 1 atom stereocenters. The Kier molecular flexibility index (Phi) is 3.07. The molecule has 0 saturated carbocycles. The third kappa shape index (κ3) is 2.27. The minimum absolute atomic E-state index is 0.340. The monoisotopic (exact) mass is 297 g/mol. The second-order valence-corrected chi connectivity index (χ2v) is 6.24. The van der Waals surface area contributed by atoms with Gasteiger partial charge in [0, 0.05) is 11.0 Å². The number of hydrogen-bond acceptors (Lipinski definition) is 4. The van der Waals surface area contributed by atoms with Crippen LogP contribution in [0, 0.1) is 0 Å². The topological polar surface area (TPSA) is 50.8 Å². The zero-order valence-corrected chi connectivity index (χ0v) is 12.5. The van der Waals surface area contributed by atoms with Gasteiger partial charge in [0.05, 0.1) is 17.4 Å². The van der Waals surface area contributed by atoms with Crippen molar-refractivity contribution in [2.45, 2.75) is 23.5 Å². The van der Waals surface area contributed by atoms with Crippen molar-refractivity contribution in [2.75, 3.05) is 6.61 Å². The van der Waals surface area contributed by atoms with E-state index in [2.05, 4.69) is 39.2 Å². The average Bonchev–Trinajstić information content (AvgIpc) is 3.10. The number of nitrogens with zero attached hydrogens (tertiary/aromatic N) is 2. The first-order valence-corrected chi connectivity index (χ1v) is 7.95. The van der Waals surface area contributed by atoms with E-state index in [0.29, 0.717) is 17.7 Å². The largest absolute Gasteiger partial charge is 0.478 e. The Hall–Kier alpha value is -2.01. The maximum Gasteiger partial charge on any atom is 0.215 e. The summed E-state index contributed by atoms with van der Waals surface area (Å²) in [6, 6.07) is 12.4. The van der Waals surface area contributed by atoms with Gasteiger partial charge in [-0.2, -0.15) is 4.98 Å². The lowest BCUT2D eigenvalue weighted by atomic mass is 10.1. The van der Waals surface area contributed by atoms with Gasteiger partial charge in [0.1, 0.15) is 5.82 Å². The van der Waals surface area contributed by atoms with E-state index in [4.69, 9.17) is 4.74 Å². The van der Waals surface area contributed by atoms with E-state index in [9.17, 15) is 0 Å². The van der Waals surface area contributed by atoms with Crippen molar-refractivity contribution in [1.82, 2.24) is 15.0 Å². The lowest BCUT2D eigenvalue weighted by Gasteiger charge is -2.02. The molecule has 3 heterocycles. The van der Waals surface area contributed by atoms with Gasteiger partial charge in [-0.25, -0.2) is 4.98 Å². The van der Waals surface area contributed by atoms with Gasteiger partial charge in [-0.3, -0.25) is 0 Å². The van der Waals surface area contributed by atoms with Crippen LogP contribution in [0.25, 0.3) is 11.2 Å². The van der Waals surface area contributed by atoms with Gasteiger partial charge >= 0.3 is 0 Å². The fourth-order valence-corrected chi connectivity index (χ4v) is 3.86. The number of fused-ring (bicyclic) bond motifs is 2. The molecule has 0 radical (unpaired) electrons. The lowest BCUT2D eigenvalue weighted by Crippen LogP contribution is -1.95. The fourth-order valence-electron chi connectivity index (χ4n) is 2.61. The zero-order valence-electron chi connectivity index (χ0n) is 11.7. The highest BCUT2D eigenvalue weighted by Crippen LogP contribution is 2.45. The summed E-state index contributed by atoms with van der Waals surface area (Å²) in [6.07, 6.45) is 1.01. The van der Waals surface area contributed by atoms with Crippen LogP contribution in [-0.2, 0) is 6.42 Å². The van der Waals surface area contributed by atoms with E-state index in [1.54, 1.807) is 0 Å². The summed E-state index contributed by atoms with van der Waals surface area (Å²) in [5.41, 5.74) is 3.09. The third-order valence-electron chi connectivity index (χ3n) is 3.58. The second-order valence-electron chi connectivity index (χ2n) is 4.99. The molecule has 21 heavy (non-hydrogen) atoms. The van der Waals surface area contributed by atoms with E-state index in [1.807, 2.05) is 30.8 Å². The fraction of sp³-hybridized carbons (Fsp3) is 0.250. The number of H-pyrrole nitrogens is 1. The van der Waals surface area contributed by atoms with Crippen molar-refractivity contribution in [2.24, 2.45) is 0 Å². The Morgan fingerprint density at radius 1 is 1.24 bits per heavy atom. The van der Waals surface area contributed by atoms with Crippen LogP contribution in [0.5, 0.6) is 5.88 Å². The Labute approximate surface area is 127 Å². The number of pyridine rings is 1. The van der Waals surface area contributed by atoms with Crippen molar-refractivity contribution >= 4 is 22.9 Å².